The van der Waals surface area contributed by atoms with Crippen LogP contribution < -0.4 is 11.3 Å². The summed E-state index contributed by atoms with van der Waals surface area (Å²) in [6.07, 6.45) is 11.4. The lowest BCUT2D eigenvalue weighted by Gasteiger charge is -2.29. The molecule has 1 atom stereocenters. The molecule has 0 amide bonds. The Morgan fingerprint density at radius 3 is 2.40 bits per heavy atom. The van der Waals surface area contributed by atoms with Crippen LogP contribution in [-0.2, 0) is 0 Å². The van der Waals surface area contributed by atoms with Crippen LogP contribution >= 0.6 is 11.8 Å². The highest BCUT2D eigenvalue weighted by atomic mass is 32.2. The molecule has 2 aliphatic carbocycles. The molecule has 3 heteroatoms. The maximum atomic E-state index is 5.62. The smallest absolute Gasteiger partial charge is 0.0303 e. The number of thioether (sulfide) groups is 1. The lowest BCUT2D eigenvalue weighted by molar-refractivity contribution is 0.268. The summed E-state index contributed by atoms with van der Waals surface area (Å²) in [6.45, 7) is 0. The lowest BCUT2D eigenvalue weighted by Crippen LogP contribution is -2.39. The van der Waals surface area contributed by atoms with Gasteiger partial charge in [0.2, 0.25) is 0 Å². The molecule has 0 saturated heterocycles. The van der Waals surface area contributed by atoms with E-state index in [4.69, 9.17) is 5.84 Å². The van der Waals surface area contributed by atoms with Crippen LogP contribution in [0.3, 0.4) is 0 Å². The summed E-state index contributed by atoms with van der Waals surface area (Å²) in [7, 11) is 0. The van der Waals surface area contributed by atoms with Gasteiger partial charge in [0.25, 0.3) is 0 Å². The first-order valence-electron chi connectivity index (χ1n) is 6.46. The van der Waals surface area contributed by atoms with E-state index in [1.165, 1.54) is 57.1 Å². The molecule has 0 heterocycles. The van der Waals surface area contributed by atoms with Crippen molar-refractivity contribution >= 4 is 11.8 Å². The van der Waals surface area contributed by atoms with Gasteiger partial charge in [-0.3, -0.25) is 11.3 Å². The molecular formula is C12H24N2S. The third-order valence-corrected chi connectivity index (χ3v) is 5.45. The first kappa shape index (κ1) is 11.7. The summed E-state index contributed by atoms with van der Waals surface area (Å²) in [5, 5.41) is 0.933. The predicted molar refractivity (Wildman–Crippen MR) is 67.8 cm³/mol. The van der Waals surface area contributed by atoms with E-state index in [1.54, 1.807) is 0 Å². The fourth-order valence-corrected chi connectivity index (χ4v) is 4.03. The number of nitrogens with one attached hydrogen (secondary N) is 1. The van der Waals surface area contributed by atoms with E-state index < -0.39 is 0 Å². The van der Waals surface area contributed by atoms with E-state index in [2.05, 4.69) is 17.2 Å². The van der Waals surface area contributed by atoms with Crippen LogP contribution in [0.1, 0.15) is 51.4 Å². The van der Waals surface area contributed by atoms with E-state index in [0.717, 1.165) is 11.2 Å². The van der Waals surface area contributed by atoms with Gasteiger partial charge in [0.1, 0.15) is 0 Å². The van der Waals surface area contributed by atoms with Crippen molar-refractivity contribution in [3.05, 3.63) is 0 Å². The highest BCUT2D eigenvalue weighted by Crippen LogP contribution is 2.33. The van der Waals surface area contributed by atoms with Crippen molar-refractivity contribution in [3.8, 4) is 0 Å². The van der Waals surface area contributed by atoms with Gasteiger partial charge in [0.05, 0.1) is 0 Å². The molecule has 2 saturated carbocycles. The Morgan fingerprint density at radius 2 is 1.87 bits per heavy atom. The second-order valence-electron chi connectivity index (χ2n) is 5.14. The molecule has 2 rings (SSSR count). The zero-order valence-electron chi connectivity index (χ0n) is 9.58. The Balaban J connectivity index is 1.60. The van der Waals surface area contributed by atoms with Crippen LogP contribution in [0, 0.1) is 5.92 Å². The maximum absolute atomic E-state index is 5.62. The van der Waals surface area contributed by atoms with Gasteiger partial charge in [-0.1, -0.05) is 32.1 Å². The molecule has 15 heavy (non-hydrogen) atoms. The Bertz CT molecular complexity index is 176. The van der Waals surface area contributed by atoms with Gasteiger partial charge in [0, 0.05) is 17.0 Å². The summed E-state index contributed by atoms with van der Waals surface area (Å²) in [5.74, 6) is 7.81. The number of rotatable bonds is 6. The molecule has 2 fully saturated rings. The molecule has 2 aliphatic rings. The molecule has 2 nitrogen and oxygen atoms in total. The zero-order chi connectivity index (χ0) is 10.5. The highest BCUT2D eigenvalue weighted by molar-refractivity contribution is 7.99. The van der Waals surface area contributed by atoms with E-state index in [1.807, 2.05) is 0 Å². The average Bonchev–Trinajstić information content (AvgIpc) is 2.68. The van der Waals surface area contributed by atoms with Crippen molar-refractivity contribution in [1.82, 2.24) is 5.43 Å². The third-order valence-electron chi connectivity index (χ3n) is 3.91. The SMILES string of the molecule is NNC(CSC1CCCC1)CC1CCC1. The van der Waals surface area contributed by atoms with Crippen molar-refractivity contribution in [2.75, 3.05) is 5.75 Å². The van der Waals surface area contributed by atoms with Crippen LogP contribution in [0.2, 0.25) is 0 Å². The molecule has 0 aromatic rings. The number of hydrogen-bond donors (Lipinski definition) is 2. The minimum Gasteiger partial charge on any atom is -0.271 e. The fraction of sp³-hybridized carbons (Fsp3) is 1.00. The van der Waals surface area contributed by atoms with E-state index in [9.17, 15) is 0 Å². The van der Waals surface area contributed by atoms with Gasteiger partial charge in [0.15, 0.2) is 0 Å². The summed E-state index contributed by atoms with van der Waals surface area (Å²) >= 11 is 2.15. The second-order valence-corrected chi connectivity index (χ2v) is 6.47. The van der Waals surface area contributed by atoms with Gasteiger partial charge >= 0.3 is 0 Å². The van der Waals surface area contributed by atoms with Crippen LogP contribution in [0.4, 0.5) is 0 Å². The lowest BCUT2D eigenvalue weighted by atomic mass is 9.81. The summed E-state index contributed by atoms with van der Waals surface area (Å²) in [6, 6.07) is 0.556. The number of nitrogens with two attached hydrogens (primary N) is 1. The highest BCUT2D eigenvalue weighted by Gasteiger charge is 2.23. The van der Waals surface area contributed by atoms with E-state index >= 15 is 0 Å². The topological polar surface area (TPSA) is 38.0 Å². The monoisotopic (exact) mass is 228 g/mol. The zero-order valence-corrected chi connectivity index (χ0v) is 10.4. The normalized spacial score (nSPS) is 25.4. The molecule has 0 aromatic heterocycles. The van der Waals surface area contributed by atoms with Gasteiger partial charge < -0.3 is 0 Å². The molecule has 3 N–H and O–H groups in total. The molecule has 0 bridgehead atoms. The minimum absolute atomic E-state index is 0.556. The Kier molecular flexibility index (Phi) is 4.79. The van der Waals surface area contributed by atoms with Gasteiger partial charge in [-0.05, 0) is 25.2 Å². The van der Waals surface area contributed by atoms with Crippen LogP contribution in [0.5, 0.6) is 0 Å². The van der Waals surface area contributed by atoms with Gasteiger partial charge in [-0.15, -0.1) is 0 Å². The number of hydrogen-bond acceptors (Lipinski definition) is 3. The average molecular weight is 228 g/mol. The maximum Gasteiger partial charge on any atom is 0.0303 e. The Morgan fingerprint density at radius 1 is 1.13 bits per heavy atom. The molecule has 0 radical (unpaired) electrons. The van der Waals surface area contributed by atoms with Crippen LogP contribution in [0.25, 0.3) is 0 Å². The summed E-state index contributed by atoms with van der Waals surface area (Å²) in [5.41, 5.74) is 3.00. The van der Waals surface area contributed by atoms with Gasteiger partial charge in [-0.25, -0.2) is 0 Å². The van der Waals surface area contributed by atoms with Crippen molar-refractivity contribution in [2.45, 2.75) is 62.7 Å². The first-order valence-corrected chi connectivity index (χ1v) is 7.51. The summed E-state index contributed by atoms with van der Waals surface area (Å²) < 4.78 is 0. The predicted octanol–water partition coefficient (Wildman–Crippen LogP) is 2.68. The Labute approximate surface area is 97.7 Å². The standard InChI is InChI=1S/C12H24N2S/c13-14-11(8-10-4-3-5-10)9-15-12-6-1-2-7-12/h10-12,14H,1-9,13H2. The van der Waals surface area contributed by atoms with E-state index in [0.29, 0.717) is 6.04 Å². The Hall–Kier alpha value is 0.270. The molecule has 0 spiro atoms. The molecular weight excluding hydrogens is 204 g/mol. The van der Waals surface area contributed by atoms with Crippen molar-refractivity contribution in [1.29, 1.82) is 0 Å². The van der Waals surface area contributed by atoms with Crippen molar-refractivity contribution in [3.63, 3.8) is 0 Å². The van der Waals surface area contributed by atoms with Crippen molar-refractivity contribution < 1.29 is 0 Å². The van der Waals surface area contributed by atoms with Crippen LogP contribution in [0.15, 0.2) is 0 Å². The number of hydrazine groups is 1. The minimum atomic E-state index is 0.556. The van der Waals surface area contributed by atoms with E-state index in [-0.39, 0.29) is 0 Å². The first-order chi connectivity index (χ1) is 7.38. The largest absolute Gasteiger partial charge is 0.271 e. The molecule has 88 valence electrons. The molecule has 1 unspecified atom stereocenters. The second kappa shape index (κ2) is 6.12. The summed E-state index contributed by atoms with van der Waals surface area (Å²) in [4.78, 5) is 0. The fourth-order valence-electron chi connectivity index (χ4n) is 2.62. The van der Waals surface area contributed by atoms with Crippen LogP contribution in [-0.4, -0.2) is 17.0 Å². The third kappa shape index (κ3) is 3.65. The molecule has 0 aliphatic heterocycles. The molecule has 0 aromatic carbocycles. The quantitative estimate of drug-likeness (QED) is 0.542. The van der Waals surface area contributed by atoms with Crippen molar-refractivity contribution in [2.24, 2.45) is 11.8 Å². The van der Waals surface area contributed by atoms with Gasteiger partial charge in [-0.2, -0.15) is 11.8 Å².